The third kappa shape index (κ3) is 8.48. The van der Waals surface area contributed by atoms with E-state index in [4.69, 9.17) is 9.47 Å². The molecule has 0 fully saturated rings. The normalized spacial score (nSPS) is 15.6. The lowest BCUT2D eigenvalue weighted by molar-refractivity contribution is 0.0392. The summed E-state index contributed by atoms with van der Waals surface area (Å²) < 4.78 is 38.8. The topological polar surface area (TPSA) is 117 Å². The maximum absolute atomic E-state index is 13.6. The van der Waals surface area contributed by atoms with Crippen LogP contribution in [0.3, 0.4) is 0 Å². The zero-order chi connectivity index (χ0) is 27.1. The summed E-state index contributed by atoms with van der Waals surface area (Å²) >= 11 is 0. The van der Waals surface area contributed by atoms with Gasteiger partial charge in [-0.3, -0.25) is 0 Å². The maximum Gasteiger partial charge on any atom is 0.407 e. The predicted molar refractivity (Wildman–Crippen MR) is 141 cm³/mol. The number of aliphatic hydroxyl groups excluding tert-OH is 1. The molecule has 37 heavy (non-hydrogen) atoms. The molecule has 0 spiro atoms. The Hall–Kier alpha value is -3.08. The minimum absolute atomic E-state index is 0.0475. The highest BCUT2D eigenvalue weighted by molar-refractivity contribution is 7.89. The Balaban J connectivity index is 1.87. The van der Waals surface area contributed by atoms with Gasteiger partial charge in [-0.1, -0.05) is 36.4 Å². The number of sulfonamides is 1. The lowest BCUT2D eigenvalue weighted by Gasteiger charge is -2.31. The Bertz CT molecular complexity index is 1160. The Kier molecular flexibility index (Phi) is 9.58. The van der Waals surface area contributed by atoms with Crippen molar-refractivity contribution in [2.24, 2.45) is 0 Å². The number of hydrogen-bond donors (Lipinski definition) is 3. The third-order valence-corrected chi connectivity index (χ3v) is 7.46. The summed E-state index contributed by atoms with van der Waals surface area (Å²) in [5.41, 5.74) is 3.91. The van der Waals surface area contributed by atoms with Crippen LogP contribution in [0.25, 0.3) is 0 Å². The summed E-state index contributed by atoms with van der Waals surface area (Å²) in [4.78, 5) is 12.6. The fraction of sp³-hybridized carbons (Fsp3) is 0.444. The van der Waals surface area contributed by atoms with Gasteiger partial charge in [0.1, 0.15) is 11.4 Å². The summed E-state index contributed by atoms with van der Waals surface area (Å²) in [6, 6.07) is 14.6. The highest BCUT2D eigenvalue weighted by Crippen LogP contribution is 2.22. The Labute approximate surface area is 219 Å². The van der Waals surface area contributed by atoms with E-state index in [1.807, 2.05) is 36.4 Å². The molecule has 1 aliphatic rings. The maximum atomic E-state index is 13.6. The molecule has 202 valence electrons. The molecule has 0 heterocycles. The SMILES string of the molecule is COc1ccc(S(=O)(=O)N(CC(O)C(Cc2ccccc2)NC(=O)OC(C)(C)C)NC2=CCCC2)cc1. The molecule has 1 aliphatic carbocycles. The number of benzene rings is 2. The van der Waals surface area contributed by atoms with Gasteiger partial charge in [0.25, 0.3) is 10.0 Å². The molecule has 0 aromatic heterocycles. The Morgan fingerprint density at radius 2 is 1.78 bits per heavy atom. The molecule has 9 nitrogen and oxygen atoms in total. The van der Waals surface area contributed by atoms with E-state index in [0.29, 0.717) is 12.2 Å². The highest BCUT2D eigenvalue weighted by Gasteiger charge is 2.32. The van der Waals surface area contributed by atoms with Gasteiger partial charge in [-0.25, -0.2) is 13.2 Å². The average Bonchev–Trinajstić information content (AvgIpc) is 3.36. The second-order valence-corrected chi connectivity index (χ2v) is 11.8. The van der Waals surface area contributed by atoms with Crippen LogP contribution in [-0.4, -0.2) is 55.4 Å². The van der Waals surface area contributed by atoms with Gasteiger partial charge in [-0.05, 0) is 76.3 Å². The van der Waals surface area contributed by atoms with Crippen molar-refractivity contribution in [2.45, 2.75) is 69.1 Å². The molecule has 0 bridgehead atoms. The minimum atomic E-state index is -4.05. The lowest BCUT2D eigenvalue weighted by Crippen LogP contribution is -2.54. The summed E-state index contributed by atoms with van der Waals surface area (Å²) in [5.74, 6) is 0.529. The molecule has 2 aromatic carbocycles. The fourth-order valence-electron chi connectivity index (χ4n) is 3.92. The number of amides is 1. The fourth-order valence-corrected chi connectivity index (χ4v) is 5.24. The van der Waals surface area contributed by atoms with Crippen molar-refractivity contribution in [1.82, 2.24) is 15.2 Å². The second kappa shape index (κ2) is 12.4. The summed E-state index contributed by atoms with van der Waals surface area (Å²) in [7, 11) is -2.55. The van der Waals surface area contributed by atoms with Gasteiger partial charge in [-0.15, -0.1) is 4.41 Å². The summed E-state index contributed by atoms with van der Waals surface area (Å²) in [5, 5.41) is 14.0. The van der Waals surface area contributed by atoms with Gasteiger partial charge in [0.15, 0.2) is 0 Å². The molecule has 0 aliphatic heterocycles. The number of carbonyl (C=O) groups excluding carboxylic acids is 1. The Morgan fingerprint density at radius 1 is 1.11 bits per heavy atom. The number of nitrogens with zero attached hydrogens (tertiary/aromatic N) is 1. The minimum Gasteiger partial charge on any atom is -0.497 e. The average molecular weight is 532 g/mol. The monoisotopic (exact) mass is 531 g/mol. The molecule has 0 radical (unpaired) electrons. The van der Waals surface area contributed by atoms with Gasteiger partial charge < -0.3 is 25.3 Å². The number of ether oxygens (including phenoxy) is 2. The van der Waals surface area contributed by atoms with Crippen molar-refractivity contribution >= 4 is 16.1 Å². The van der Waals surface area contributed by atoms with Gasteiger partial charge in [0.05, 0.1) is 30.7 Å². The first-order valence-corrected chi connectivity index (χ1v) is 13.8. The van der Waals surface area contributed by atoms with Crippen LogP contribution in [0.1, 0.15) is 45.6 Å². The van der Waals surface area contributed by atoms with Crippen LogP contribution in [0.15, 0.2) is 71.3 Å². The van der Waals surface area contributed by atoms with Crippen LogP contribution in [0.5, 0.6) is 5.75 Å². The number of alkyl carbamates (subject to hydrolysis) is 1. The van der Waals surface area contributed by atoms with Crippen LogP contribution >= 0.6 is 0 Å². The predicted octanol–water partition coefficient (Wildman–Crippen LogP) is 3.76. The number of aliphatic hydroxyl groups is 1. The zero-order valence-corrected chi connectivity index (χ0v) is 22.6. The van der Waals surface area contributed by atoms with Crippen LogP contribution < -0.4 is 15.5 Å². The number of nitrogens with one attached hydrogen (secondary N) is 2. The van der Waals surface area contributed by atoms with E-state index in [0.717, 1.165) is 28.5 Å². The van der Waals surface area contributed by atoms with Crippen molar-refractivity contribution in [3.63, 3.8) is 0 Å². The van der Waals surface area contributed by atoms with Crippen molar-refractivity contribution in [3.8, 4) is 5.75 Å². The van der Waals surface area contributed by atoms with E-state index in [-0.39, 0.29) is 17.9 Å². The molecule has 3 N–H and O–H groups in total. The molecule has 2 unspecified atom stereocenters. The first kappa shape index (κ1) is 28.5. The molecule has 2 atom stereocenters. The first-order valence-electron chi connectivity index (χ1n) is 12.3. The van der Waals surface area contributed by atoms with E-state index in [9.17, 15) is 18.3 Å². The second-order valence-electron chi connectivity index (χ2n) is 9.95. The largest absolute Gasteiger partial charge is 0.497 e. The lowest BCUT2D eigenvalue weighted by atomic mass is 10.0. The number of hydrazine groups is 1. The van der Waals surface area contributed by atoms with Gasteiger partial charge in [0.2, 0.25) is 0 Å². The number of rotatable bonds is 11. The van der Waals surface area contributed by atoms with Crippen LogP contribution in [0, 0.1) is 0 Å². The molecular formula is C27H37N3O6S. The molecule has 3 rings (SSSR count). The highest BCUT2D eigenvalue weighted by atomic mass is 32.2. The van der Waals surface area contributed by atoms with Crippen LogP contribution in [0.2, 0.25) is 0 Å². The molecule has 2 aromatic rings. The van der Waals surface area contributed by atoms with E-state index in [1.54, 1.807) is 32.9 Å². The van der Waals surface area contributed by atoms with Crippen LogP contribution in [0.4, 0.5) is 4.79 Å². The first-order chi connectivity index (χ1) is 17.5. The molecule has 0 saturated heterocycles. The smallest absolute Gasteiger partial charge is 0.407 e. The zero-order valence-electron chi connectivity index (χ0n) is 21.8. The van der Waals surface area contributed by atoms with E-state index in [2.05, 4.69) is 10.7 Å². The van der Waals surface area contributed by atoms with Crippen molar-refractivity contribution in [2.75, 3.05) is 13.7 Å². The number of carbonyl (C=O) groups is 1. The molecule has 1 amide bonds. The number of methoxy groups -OCH3 is 1. The Morgan fingerprint density at radius 3 is 2.35 bits per heavy atom. The van der Waals surface area contributed by atoms with Crippen molar-refractivity contribution in [3.05, 3.63) is 71.9 Å². The van der Waals surface area contributed by atoms with Gasteiger partial charge in [0, 0.05) is 5.70 Å². The molecule has 10 heteroatoms. The van der Waals surface area contributed by atoms with Gasteiger partial charge >= 0.3 is 6.09 Å². The van der Waals surface area contributed by atoms with Gasteiger partial charge in [-0.2, -0.15) is 0 Å². The molecule has 0 saturated carbocycles. The summed E-state index contributed by atoms with van der Waals surface area (Å²) in [6.07, 6.45) is 2.74. The standard InChI is InChI=1S/C27H37N3O6S/c1-27(2,3)36-26(32)28-24(18-20-10-6-5-7-11-20)25(31)19-30(29-21-12-8-9-13-21)37(33,34)23-16-14-22(35-4)15-17-23/h5-7,10-12,14-17,24-25,29,31H,8-9,13,18-19H2,1-4H3,(H,28,32). The summed E-state index contributed by atoms with van der Waals surface area (Å²) in [6.45, 7) is 4.94. The van der Waals surface area contributed by atoms with Crippen molar-refractivity contribution < 1.29 is 27.8 Å². The van der Waals surface area contributed by atoms with E-state index in [1.165, 1.54) is 19.2 Å². The molecular weight excluding hydrogens is 494 g/mol. The number of hydrogen-bond acceptors (Lipinski definition) is 7. The number of allylic oxidation sites excluding steroid dienone is 2. The quantitative estimate of drug-likeness (QED) is 0.378. The third-order valence-electron chi connectivity index (χ3n) is 5.77. The van der Waals surface area contributed by atoms with Crippen LogP contribution in [-0.2, 0) is 21.2 Å². The van der Waals surface area contributed by atoms with E-state index < -0.39 is 33.9 Å². The van der Waals surface area contributed by atoms with Crippen molar-refractivity contribution in [1.29, 1.82) is 0 Å². The van der Waals surface area contributed by atoms with E-state index >= 15 is 0 Å².